The van der Waals surface area contributed by atoms with Gasteiger partial charge in [-0.1, -0.05) is 19.1 Å². The maximum atomic E-state index is 12.9. The molecule has 0 saturated carbocycles. The maximum absolute atomic E-state index is 12.9. The Hall–Kier alpha value is -2.63. The SMILES string of the molecule is CCC(C)N(CCC(=O)NCc1ccc(F)cc1)C(=O)c1ccoc1. The van der Waals surface area contributed by atoms with Gasteiger partial charge < -0.3 is 14.6 Å². The van der Waals surface area contributed by atoms with E-state index in [0.717, 1.165) is 12.0 Å². The van der Waals surface area contributed by atoms with Gasteiger partial charge >= 0.3 is 0 Å². The average Bonchev–Trinajstić information content (AvgIpc) is 3.15. The highest BCUT2D eigenvalue weighted by molar-refractivity contribution is 5.94. The molecule has 25 heavy (non-hydrogen) atoms. The second-order valence-electron chi connectivity index (χ2n) is 5.92. The number of nitrogens with zero attached hydrogens (tertiary/aromatic N) is 1. The highest BCUT2D eigenvalue weighted by Gasteiger charge is 2.21. The van der Waals surface area contributed by atoms with Gasteiger partial charge in [0, 0.05) is 25.6 Å². The fourth-order valence-corrected chi connectivity index (χ4v) is 2.41. The predicted octanol–water partition coefficient (Wildman–Crippen LogP) is 3.37. The minimum atomic E-state index is -0.308. The Kier molecular flexibility index (Phi) is 6.74. The number of nitrogens with one attached hydrogen (secondary N) is 1. The van der Waals surface area contributed by atoms with E-state index in [9.17, 15) is 14.0 Å². The largest absolute Gasteiger partial charge is 0.472 e. The molecule has 0 saturated heterocycles. The number of hydrogen-bond donors (Lipinski definition) is 1. The first-order valence-electron chi connectivity index (χ1n) is 8.35. The summed E-state index contributed by atoms with van der Waals surface area (Å²) in [7, 11) is 0. The molecule has 134 valence electrons. The van der Waals surface area contributed by atoms with Gasteiger partial charge in [-0.05, 0) is 37.1 Å². The lowest BCUT2D eigenvalue weighted by molar-refractivity contribution is -0.121. The molecule has 0 radical (unpaired) electrons. The highest BCUT2D eigenvalue weighted by atomic mass is 19.1. The van der Waals surface area contributed by atoms with Crippen LogP contribution < -0.4 is 5.32 Å². The van der Waals surface area contributed by atoms with Crippen LogP contribution in [-0.4, -0.2) is 29.3 Å². The third-order valence-electron chi connectivity index (χ3n) is 4.13. The van der Waals surface area contributed by atoms with E-state index in [-0.39, 0.29) is 30.1 Å². The van der Waals surface area contributed by atoms with Crippen LogP contribution >= 0.6 is 0 Å². The quantitative estimate of drug-likeness (QED) is 0.797. The topological polar surface area (TPSA) is 62.6 Å². The second-order valence-corrected chi connectivity index (χ2v) is 5.92. The van der Waals surface area contributed by atoms with E-state index in [1.165, 1.54) is 24.7 Å². The van der Waals surface area contributed by atoms with Crippen molar-refractivity contribution in [3.63, 3.8) is 0 Å². The Balaban J connectivity index is 1.87. The summed E-state index contributed by atoms with van der Waals surface area (Å²) >= 11 is 0. The van der Waals surface area contributed by atoms with Crippen LogP contribution in [0.3, 0.4) is 0 Å². The van der Waals surface area contributed by atoms with E-state index in [4.69, 9.17) is 4.42 Å². The summed E-state index contributed by atoms with van der Waals surface area (Å²) in [6.45, 7) is 4.61. The summed E-state index contributed by atoms with van der Waals surface area (Å²) < 4.78 is 17.8. The molecule has 5 nitrogen and oxygen atoms in total. The van der Waals surface area contributed by atoms with E-state index in [1.54, 1.807) is 23.1 Å². The Morgan fingerprint density at radius 3 is 2.56 bits per heavy atom. The zero-order valence-electron chi connectivity index (χ0n) is 14.5. The van der Waals surface area contributed by atoms with Crippen molar-refractivity contribution in [3.8, 4) is 0 Å². The van der Waals surface area contributed by atoms with Crippen LogP contribution in [0.2, 0.25) is 0 Å². The lowest BCUT2D eigenvalue weighted by atomic mass is 10.1. The Labute approximate surface area is 146 Å². The summed E-state index contributed by atoms with van der Waals surface area (Å²) in [5.41, 5.74) is 1.30. The molecule has 1 aromatic carbocycles. The van der Waals surface area contributed by atoms with E-state index >= 15 is 0 Å². The summed E-state index contributed by atoms with van der Waals surface area (Å²) in [6, 6.07) is 7.61. The summed E-state index contributed by atoms with van der Waals surface area (Å²) in [5.74, 6) is -0.607. The van der Waals surface area contributed by atoms with Gasteiger partial charge in [-0.25, -0.2) is 4.39 Å². The van der Waals surface area contributed by atoms with Crippen molar-refractivity contribution in [2.45, 2.75) is 39.3 Å². The van der Waals surface area contributed by atoms with E-state index in [1.807, 2.05) is 13.8 Å². The van der Waals surface area contributed by atoms with Crippen molar-refractivity contribution in [1.82, 2.24) is 10.2 Å². The van der Waals surface area contributed by atoms with Crippen LogP contribution in [0.15, 0.2) is 47.3 Å². The first kappa shape index (κ1) is 18.7. The number of benzene rings is 1. The predicted molar refractivity (Wildman–Crippen MR) is 92.4 cm³/mol. The van der Waals surface area contributed by atoms with Gasteiger partial charge in [0.25, 0.3) is 5.91 Å². The minimum Gasteiger partial charge on any atom is -0.472 e. The summed E-state index contributed by atoms with van der Waals surface area (Å²) in [4.78, 5) is 26.3. The van der Waals surface area contributed by atoms with Crippen LogP contribution in [0.25, 0.3) is 0 Å². The standard InChI is InChI=1S/C19H23FN2O3/c1-3-14(2)22(19(24)16-9-11-25-13-16)10-8-18(23)21-12-15-4-6-17(20)7-5-15/h4-7,9,11,13-14H,3,8,10,12H2,1-2H3,(H,21,23). The number of rotatable bonds is 8. The van der Waals surface area contributed by atoms with Crippen molar-refractivity contribution in [1.29, 1.82) is 0 Å². The Bertz CT molecular complexity index is 683. The molecule has 1 aromatic heterocycles. The van der Waals surface area contributed by atoms with Crippen molar-refractivity contribution in [3.05, 3.63) is 59.8 Å². The molecule has 0 aliphatic carbocycles. The maximum Gasteiger partial charge on any atom is 0.257 e. The Morgan fingerprint density at radius 1 is 1.24 bits per heavy atom. The number of carbonyl (C=O) groups excluding carboxylic acids is 2. The van der Waals surface area contributed by atoms with Gasteiger partial charge in [-0.15, -0.1) is 0 Å². The van der Waals surface area contributed by atoms with Crippen molar-refractivity contribution in [2.75, 3.05) is 6.54 Å². The van der Waals surface area contributed by atoms with E-state index in [0.29, 0.717) is 18.7 Å². The lowest BCUT2D eigenvalue weighted by Crippen LogP contribution is -2.40. The molecule has 1 heterocycles. The molecular formula is C19H23FN2O3. The molecule has 6 heteroatoms. The van der Waals surface area contributed by atoms with Crippen LogP contribution in [0.5, 0.6) is 0 Å². The third-order valence-corrected chi connectivity index (χ3v) is 4.13. The summed E-state index contributed by atoms with van der Waals surface area (Å²) in [6.07, 6.45) is 3.86. The highest BCUT2D eigenvalue weighted by Crippen LogP contribution is 2.12. The van der Waals surface area contributed by atoms with Crippen LogP contribution in [0.4, 0.5) is 4.39 Å². The average molecular weight is 346 g/mol. The number of hydrogen-bond acceptors (Lipinski definition) is 3. The van der Waals surface area contributed by atoms with Crippen LogP contribution in [-0.2, 0) is 11.3 Å². The molecule has 1 unspecified atom stereocenters. The molecule has 2 rings (SSSR count). The first-order valence-corrected chi connectivity index (χ1v) is 8.35. The minimum absolute atomic E-state index is 0.0206. The molecule has 0 fully saturated rings. The fourth-order valence-electron chi connectivity index (χ4n) is 2.41. The third kappa shape index (κ3) is 5.45. The molecule has 0 spiro atoms. The second kappa shape index (κ2) is 9.01. The van der Waals surface area contributed by atoms with E-state index in [2.05, 4.69) is 5.32 Å². The molecule has 1 N–H and O–H groups in total. The van der Waals surface area contributed by atoms with Gasteiger partial charge in [0.15, 0.2) is 0 Å². The van der Waals surface area contributed by atoms with E-state index < -0.39 is 0 Å². The van der Waals surface area contributed by atoms with Gasteiger partial charge in [0.1, 0.15) is 12.1 Å². The zero-order chi connectivity index (χ0) is 18.2. The van der Waals surface area contributed by atoms with Crippen molar-refractivity contribution < 1.29 is 18.4 Å². The zero-order valence-corrected chi connectivity index (χ0v) is 14.5. The van der Waals surface area contributed by atoms with Crippen molar-refractivity contribution in [2.24, 2.45) is 0 Å². The smallest absolute Gasteiger partial charge is 0.257 e. The number of halogens is 1. The fraction of sp³-hybridized carbons (Fsp3) is 0.368. The number of furan rings is 1. The molecule has 2 aromatic rings. The summed E-state index contributed by atoms with van der Waals surface area (Å²) in [5, 5.41) is 2.79. The number of amides is 2. The first-order chi connectivity index (χ1) is 12.0. The molecular weight excluding hydrogens is 323 g/mol. The normalized spacial score (nSPS) is 11.8. The molecule has 2 amide bonds. The van der Waals surface area contributed by atoms with Gasteiger partial charge in [0.05, 0.1) is 11.8 Å². The van der Waals surface area contributed by atoms with Crippen LogP contribution in [0, 0.1) is 5.82 Å². The van der Waals surface area contributed by atoms with Crippen LogP contribution in [0.1, 0.15) is 42.6 Å². The van der Waals surface area contributed by atoms with Gasteiger partial charge in [0.2, 0.25) is 5.91 Å². The monoisotopic (exact) mass is 346 g/mol. The molecule has 1 atom stereocenters. The molecule has 0 aliphatic heterocycles. The van der Waals surface area contributed by atoms with Gasteiger partial charge in [-0.3, -0.25) is 9.59 Å². The Morgan fingerprint density at radius 2 is 1.96 bits per heavy atom. The van der Waals surface area contributed by atoms with Crippen molar-refractivity contribution >= 4 is 11.8 Å². The molecule has 0 aliphatic rings. The molecule has 0 bridgehead atoms. The van der Waals surface area contributed by atoms with Gasteiger partial charge in [-0.2, -0.15) is 0 Å². The number of carbonyl (C=O) groups is 2. The lowest BCUT2D eigenvalue weighted by Gasteiger charge is -2.28.